The van der Waals surface area contributed by atoms with Gasteiger partial charge in [0.1, 0.15) is 0 Å². The first-order chi connectivity index (χ1) is 14.7. The van der Waals surface area contributed by atoms with Crippen LogP contribution in [0.4, 0.5) is 11.6 Å². The van der Waals surface area contributed by atoms with Gasteiger partial charge in [0.15, 0.2) is 0 Å². The Balaban J connectivity index is 1.35. The number of H-pyrrole nitrogens is 1. The predicted molar refractivity (Wildman–Crippen MR) is 120 cm³/mol. The van der Waals surface area contributed by atoms with E-state index in [0.717, 1.165) is 55.3 Å². The second-order valence-corrected chi connectivity index (χ2v) is 7.70. The Bertz CT molecular complexity index is 1160. The molecule has 1 fully saturated rings. The van der Waals surface area contributed by atoms with E-state index < -0.39 is 0 Å². The van der Waals surface area contributed by atoms with E-state index in [9.17, 15) is 0 Å². The molecule has 5 rings (SSSR count). The van der Waals surface area contributed by atoms with Gasteiger partial charge in [0.05, 0.1) is 30.4 Å². The first kappa shape index (κ1) is 18.8. The van der Waals surface area contributed by atoms with Crippen LogP contribution in [0, 0.1) is 6.92 Å². The molecule has 4 aromatic rings. The summed E-state index contributed by atoms with van der Waals surface area (Å²) in [6.07, 6.45) is 1.84. The van der Waals surface area contributed by atoms with Crippen LogP contribution in [0.2, 0.25) is 0 Å². The summed E-state index contributed by atoms with van der Waals surface area (Å²) in [6, 6.07) is 18.9. The van der Waals surface area contributed by atoms with E-state index >= 15 is 0 Å². The number of aromatic nitrogens is 3. The van der Waals surface area contributed by atoms with Gasteiger partial charge in [0.25, 0.3) is 0 Å². The minimum Gasteiger partial charge on any atom is -0.379 e. The Morgan fingerprint density at radius 1 is 1.07 bits per heavy atom. The van der Waals surface area contributed by atoms with Gasteiger partial charge in [-0.1, -0.05) is 36.4 Å². The van der Waals surface area contributed by atoms with Gasteiger partial charge in [-0.15, -0.1) is 0 Å². The predicted octanol–water partition coefficient (Wildman–Crippen LogP) is 4.51. The van der Waals surface area contributed by atoms with Crippen molar-refractivity contribution in [3.8, 4) is 11.3 Å². The van der Waals surface area contributed by atoms with E-state index in [1.165, 1.54) is 16.7 Å². The fourth-order valence-electron chi connectivity index (χ4n) is 3.89. The molecule has 6 heteroatoms. The third-order valence-electron chi connectivity index (χ3n) is 5.50. The number of aryl methyl sites for hydroxylation is 1. The molecule has 0 spiro atoms. The van der Waals surface area contributed by atoms with Gasteiger partial charge in [0.2, 0.25) is 5.95 Å². The lowest BCUT2D eigenvalue weighted by molar-refractivity contribution is 0.0342. The van der Waals surface area contributed by atoms with Crippen molar-refractivity contribution in [3.05, 3.63) is 71.9 Å². The molecule has 0 unspecified atom stereocenters. The number of aromatic amines is 1. The number of hydrogen-bond donors (Lipinski definition) is 2. The maximum atomic E-state index is 5.44. The summed E-state index contributed by atoms with van der Waals surface area (Å²) in [7, 11) is 0. The molecule has 0 saturated carbocycles. The largest absolute Gasteiger partial charge is 0.379 e. The van der Waals surface area contributed by atoms with Crippen molar-refractivity contribution in [3.63, 3.8) is 0 Å². The van der Waals surface area contributed by atoms with Crippen molar-refractivity contribution in [2.75, 3.05) is 31.6 Å². The van der Waals surface area contributed by atoms with E-state index in [0.29, 0.717) is 5.95 Å². The average molecular weight is 399 g/mol. The molecule has 30 heavy (non-hydrogen) atoms. The van der Waals surface area contributed by atoms with Gasteiger partial charge in [0, 0.05) is 36.6 Å². The Hall–Kier alpha value is -3.22. The first-order valence-corrected chi connectivity index (χ1v) is 10.3. The topological polar surface area (TPSA) is 66.1 Å². The Morgan fingerprint density at radius 3 is 2.80 bits per heavy atom. The van der Waals surface area contributed by atoms with E-state index in [1.54, 1.807) is 0 Å². The molecule has 6 nitrogen and oxygen atoms in total. The van der Waals surface area contributed by atoms with E-state index in [-0.39, 0.29) is 0 Å². The van der Waals surface area contributed by atoms with Gasteiger partial charge < -0.3 is 15.0 Å². The van der Waals surface area contributed by atoms with Crippen LogP contribution in [-0.4, -0.2) is 46.2 Å². The Labute approximate surface area is 175 Å². The van der Waals surface area contributed by atoms with Crippen molar-refractivity contribution >= 4 is 22.7 Å². The number of nitrogens with one attached hydrogen (secondary N) is 2. The summed E-state index contributed by atoms with van der Waals surface area (Å²) in [4.78, 5) is 15.1. The van der Waals surface area contributed by atoms with Crippen molar-refractivity contribution in [2.24, 2.45) is 0 Å². The van der Waals surface area contributed by atoms with Crippen LogP contribution in [0.5, 0.6) is 0 Å². The minimum atomic E-state index is 0.598. The highest BCUT2D eigenvalue weighted by molar-refractivity contribution is 5.83. The van der Waals surface area contributed by atoms with Gasteiger partial charge in [-0.05, 0) is 36.2 Å². The summed E-state index contributed by atoms with van der Waals surface area (Å²) in [5.41, 5.74) is 7.56. The second kappa shape index (κ2) is 8.26. The summed E-state index contributed by atoms with van der Waals surface area (Å²) in [6.45, 7) is 6.63. The van der Waals surface area contributed by atoms with E-state index in [4.69, 9.17) is 9.72 Å². The molecule has 1 aliphatic heterocycles. The molecule has 2 N–H and O–H groups in total. The number of ether oxygens (including phenoxy) is 1. The summed E-state index contributed by atoms with van der Waals surface area (Å²) >= 11 is 0. The Morgan fingerprint density at radius 2 is 1.93 bits per heavy atom. The van der Waals surface area contributed by atoms with Crippen LogP contribution in [0.15, 0.2) is 60.8 Å². The highest BCUT2D eigenvalue weighted by Crippen LogP contribution is 2.26. The molecule has 0 radical (unpaired) electrons. The molecule has 0 atom stereocenters. The lowest BCUT2D eigenvalue weighted by Gasteiger charge is -2.26. The van der Waals surface area contributed by atoms with Crippen molar-refractivity contribution in [2.45, 2.75) is 13.5 Å². The molecule has 1 aliphatic rings. The fourth-order valence-corrected chi connectivity index (χ4v) is 3.89. The monoisotopic (exact) mass is 399 g/mol. The van der Waals surface area contributed by atoms with E-state index in [2.05, 4.69) is 75.6 Å². The van der Waals surface area contributed by atoms with Crippen LogP contribution in [0.1, 0.15) is 11.1 Å². The van der Waals surface area contributed by atoms with Crippen LogP contribution >= 0.6 is 0 Å². The summed E-state index contributed by atoms with van der Waals surface area (Å²) in [5.74, 6) is 0.598. The molecule has 0 amide bonds. The molecule has 1 saturated heterocycles. The molecule has 0 aliphatic carbocycles. The molecule has 2 aromatic heterocycles. The average Bonchev–Trinajstić information content (AvgIpc) is 3.18. The van der Waals surface area contributed by atoms with Crippen LogP contribution < -0.4 is 5.32 Å². The molecular formula is C24H25N5O. The maximum Gasteiger partial charge on any atom is 0.227 e. The molecular weight excluding hydrogens is 374 g/mol. The highest BCUT2D eigenvalue weighted by atomic mass is 16.5. The Kier molecular flexibility index (Phi) is 5.17. The number of benzene rings is 2. The smallest absolute Gasteiger partial charge is 0.227 e. The van der Waals surface area contributed by atoms with Crippen LogP contribution in [0.3, 0.4) is 0 Å². The third kappa shape index (κ3) is 4.06. The third-order valence-corrected chi connectivity index (χ3v) is 5.50. The molecule has 0 bridgehead atoms. The molecule has 3 heterocycles. The number of fused-ring (bicyclic) bond motifs is 1. The number of nitrogens with zero attached hydrogens (tertiary/aromatic N) is 3. The standard InChI is InChI=1S/C24H25N5O/c1-17-5-2-3-8-20(17)21-14-22-23(27-21)15-25-24(28-22)26-19-7-4-6-18(13-19)16-29-9-11-30-12-10-29/h2-8,13-15,27H,9-12,16H2,1H3,(H,25,26,28). The van der Waals surface area contributed by atoms with Crippen LogP contribution in [-0.2, 0) is 11.3 Å². The molecule has 152 valence electrons. The number of morpholine rings is 1. The minimum absolute atomic E-state index is 0.598. The number of hydrogen-bond acceptors (Lipinski definition) is 5. The fraction of sp³-hybridized carbons (Fsp3) is 0.250. The lowest BCUT2D eigenvalue weighted by Crippen LogP contribution is -2.35. The van der Waals surface area contributed by atoms with Crippen LogP contribution in [0.25, 0.3) is 22.3 Å². The van der Waals surface area contributed by atoms with E-state index in [1.807, 2.05) is 12.3 Å². The van der Waals surface area contributed by atoms with Gasteiger partial charge in [-0.2, -0.15) is 0 Å². The van der Waals surface area contributed by atoms with Gasteiger partial charge in [-0.3, -0.25) is 4.90 Å². The summed E-state index contributed by atoms with van der Waals surface area (Å²) < 4.78 is 5.44. The number of rotatable bonds is 5. The zero-order chi connectivity index (χ0) is 20.3. The zero-order valence-corrected chi connectivity index (χ0v) is 17.1. The molecule has 2 aromatic carbocycles. The normalized spacial score (nSPS) is 14.8. The maximum absolute atomic E-state index is 5.44. The second-order valence-electron chi connectivity index (χ2n) is 7.70. The van der Waals surface area contributed by atoms with Crippen molar-refractivity contribution < 1.29 is 4.74 Å². The van der Waals surface area contributed by atoms with Crippen molar-refractivity contribution in [1.29, 1.82) is 0 Å². The zero-order valence-electron chi connectivity index (χ0n) is 17.1. The number of anilines is 2. The quantitative estimate of drug-likeness (QED) is 0.517. The van der Waals surface area contributed by atoms with Gasteiger partial charge in [-0.25, -0.2) is 9.97 Å². The summed E-state index contributed by atoms with van der Waals surface area (Å²) in [5, 5.41) is 3.35. The van der Waals surface area contributed by atoms with Crippen molar-refractivity contribution in [1.82, 2.24) is 19.9 Å². The SMILES string of the molecule is Cc1ccccc1-c1cc2nc(Nc3cccc(CN4CCOCC4)c3)ncc2[nH]1. The first-order valence-electron chi connectivity index (χ1n) is 10.3. The van der Waals surface area contributed by atoms with Gasteiger partial charge >= 0.3 is 0 Å². The lowest BCUT2D eigenvalue weighted by atomic mass is 10.1. The highest BCUT2D eigenvalue weighted by Gasteiger charge is 2.11.